The van der Waals surface area contributed by atoms with Gasteiger partial charge in [0.2, 0.25) is 0 Å². The van der Waals surface area contributed by atoms with Crippen LogP contribution in [0.1, 0.15) is 40.7 Å². The van der Waals surface area contributed by atoms with E-state index in [0.717, 1.165) is 44.5 Å². The second-order valence-electron chi connectivity index (χ2n) is 9.21. The number of rotatable bonds is 5. The summed E-state index contributed by atoms with van der Waals surface area (Å²) in [5.74, 6) is 0.413. The number of allylic oxidation sites excluding steroid dienone is 5. The van der Waals surface area contributed by atoms with Gasteiger partial charge >= 0.3 is 0 Å². The summed E-state index contributed by atoms with van der Waals surface area (Å²) in [6.07, 6.45) is 13.1. The first-order valence-electron chi connectivity index (χ1n) is 11.8. The highest BCUT2D eigenvalue weighted by atomic mass is 15.2. The van der Waals surface area contributed by atoms with E-state index < -0.39 is 0 Å². The van der Waals surface area contributed by atoms with Crippen LogP contribution in [-0.4, -0.2) is 41.3 Å². The van der Waals surface area contributed by atoms with Gasteiger partial charge < -0.3 is 16.0 Å². The van der Waals surface area contributed by atoms with Crippen LogP contribution in [0.4, 0.5) is 5.82 Å². The van der Waals surface area contributed by atoms with Gasteiger partial charge in [0, 0.05) is 43.1 Å². The zero-order chi connectivity index (χ0) is 23.4. The maximum Gasteiger partial charge on any atom is 0.132 e. The second kappa shape index (κ2) is 10.2. The third-order valence-electron chi connectivity index (χ3n) is 6.67. The first-order chi connectivity index (χ1) is 15.9. The largest absolute Gasteiger partial charge is 0.383 e. The molecule has 2 aliphatic rings. The van der Waals surface area contributed by atoms with Crippen molar-refractivity contribution in [2.75, 3.05) is 25.4 Å². The minimum atomic E-state index is 0.413. The molecule has 1 saturated heterocycles. The molecule has 0 spiro atoms. The number of nitrogens with zero attached hydrogens (tertiary/aromatic N) is 2. The number of piperazine rings is 1. The highest BCUT2D eigenvalue weighted by molar-refractivity contribution is 6.13. The fourth-order valence-corrected chi connectivity index (χ4v) is 5.01. The fraction of sp³-hybridized carbons (Fsp3) is 0.357. The number of aromatic nitrogens is 1. The summed E-state index contributed by atoms with van der Waals surface area (Å²) < 4.78 is 0. The maximum absolute atomic E-state index is 8.60. The maximum atomic E-state index is 8.60. The van der Waals surface area contributed by atoms with Crippen molar-refractivity contribution in [1.82, 2.24) is 15.2 Å². The molecule has 33 heavy (non-hydrogen) atoms. The van der Waals surface area contributed by atoms with E-state index in [0.29, 0.717) is 23.1 Å². The Morgan fingerprint density at radius 2 is 2.03 bits per heavy atom. The van der Waals surface area contributed by atoms with E-state index in [9.17, 15) is 0 Å². The Morgan fingerprint density at radius 3 is 2.79 bits per heavy atom. The van der Waals surface area contributed by atoms with Crippen molar-refractivity contribution in [3.8, 4) is 0 Å². The van der Waals surface area contributed by atoms with Crippen molar-refractivity contribution in [2.45, 2.75) is 46.1 Å². The predicted octanol–water partition coefficient (Wildman–Crippen LogP) is 4.63. The van der Waals surface area contributed by atoms with Crippen molar-refractivity contribution in [1.29, 1.82) is 5.41 Å². The molecular formula is C28H35N5. The first-order valence-corrected chi connectivity index (χ1v) is 11.8. The van der Waals surface area contributed by atoms with E-state index in [4.69, 9.17) is 11.1 Å². The highest BCUT2D eigenvalue weighted by Gasteiger charge is 2.22. The molecule has 0 amide bonds. The number of aryl methyl sites for hydroxylation is 3. The van der Waals surface area contributed by atoms with Gasteiger partial charge in [0.1, 0.15) is 5.82 Å². The fourth-order valence-electron chi connectivity index (χ4n) is 5.01. The average molecular weight is 442 g/mol. The number of anilines is 1. The lowest BCUT2D eigenvalue weighted by atomic mass is 9.93. The summed E-state index contributed by atoms with van der Waals surface area (Å²) in [6.45, 7) is 9.64. The quantitative estimate of drug-likeness (QED) is 0.591. The van der Waals surface area contributed by atoms with Crippen molar-refractivity contribution >= 4 is 11.5 Å². The van der Waals surface area contributed by atoms with Crippen molar-refractivity contribution in [3.63, 3.8) is 0 Å². The number of benzene rings is 1. The topological polar surface area (TPSA) is 78.0 Å². The molecule has 2 heterocycles. The van der Waals surface area contributed by atoms with Crippen LogP contribution in [0.5, 0.6) is 0 Å². The molecule has 0 saturated carbocycles. The molecule has 1 aliphatic heterocycles. The number of nitrogens with one attached hydrogen (secondary N) is 2. The van der Waals surface area contributed by atoms with E-state index in [1.807, 2.05) is 12.1 Å². The zero-order valence-corrected chi connectivity index (χ0v) is 20.0. The van der Waals surface area contributed by atoms with Crippen LogP contribution in [0.3, 0.4) is 0 Å². The van der Waals surface area contributed by atoms with Gasteiger partial charge in [-0.1, -0.05) is 35.9 Å². The number of hydrogen-bond acceptors (Lipinski definition) is 5. The van der Waals surface area contributed by atoms with Crippen LogP contribution < -0.4 is 11.1 Å². The monoisotopic (exact) mass is 441 g/mol. The Balaban J connectivity index is 1.44. The minimum absolute atomic E-state index is 0.413. The van der Waals surface area contributed by atoms with E-state index in [1.165, 1.54) is 28.0 Å². The molecule has 4 rings (SSSR count). The van der Waals surface area contributed by atoms with Gasteiger partial charge in [0.25, 0.3) is 0 Å². The van der Waals surface area contributed by atoms with Gasteiger partial charge in [-0.25, -0.2) is 4.98 Å². The Kier molecular flexibility index (Phi) is 7.09. The molecule has 1 aromatic heterocycles. The van der Waals surface area contributed by atoms with E-state index >= 15 is 0 Å². The van der Waals surface area contributed by atoms with Gasteiger partial charge in [0.15, 0.2) is 0 Å². The van der Waals surface area contributed by atoms with Crippen LogP contribution >= 0.6 is 0 Å². The Hall–Kier alpha value is -3.18. The molecule has 1 unspecified atom stereocenters. The molecule has 4 N–H and O–H groups in total. The van der Waals surface area contributed by atoms with E-state index in [1.54, 1.807) is 6.20 Å². The van der Waals surface area contributed by atoms with Crippen molar-refractivity contribution < 1.29 is 0 Å². The molecule has 2 aromatic rings. The molecule has 172 valence electrons. The number of nitrogens with two attached hydrogens (primary N) is 1. The third-order valence-corrected chi connectivity index (χ3v) is 6.67. The van der Waals surface area contributed by atoms with E-state index in [2.05, 4.69) is 72.4 Å². The van der Waals surface area contributed by atoms with Crippen molar-refractivity contribution in [3.05, 3.63) is 93.9 Å². The number of nitrogen functional groups attached to an aromatic ring is 1. The lowest BCUT2D eigenvalue weighted by Crippen LogP contribution is -2.51. The molecule has 1 aromatic carbocycles. The molecule has 1 fully saturated rings. The third kappa shape index (κ3) is 5.42. The molecule has 1 aliphatic carbocycles. The lowest BCUT2D eigenvalue weighted by molar-refractivity contribution is 0.250. The number of hydrogen-bond donors (Lipinski definition) is 3. The first kappa shape index (κ1) is 23.0. The van der Waals surface area contributed by atoms with Crippen LogP contribution in [0, 0.1) is 26.2 Å². The standard InChI is InChI=1S/C28H35N5/c1-19-15-20(2)26(21(3)16-19)17-23-18-33(14-13-31-23)24-9-4-7-22(8-5-10-24)27(29)25-11-6-12-32-28(25)30/h4,6-7,9-12,15-16,23,29,31H,5,8,13-14,17-18H2,1-3H3,(H2,30,32). The summed E-state index contributed by atoms with van der Waals surface area (Å²) in [4.78, 5) is 6.63. The Labute approximate surface area is 197 Å². The predicted molar refractivity (Wildman–Crippen MR) is 138 cm³/mol. The molecule has 5 heteroatoms. The van der Waals surface area contributed by atoms with Crippen LogP contribution in [0.2, 0.25) is 0 Å². The smallest absolute Gasteiger partial charge is 0.132 e. The molecular weight excluding hydrogens is 406 g/mol. The SMILES string of the molecule is Cc1cc(C)c(CC2CN(C3=CCCC(C(=N)c4cccnc4N)=CC=C3)CCN2)c(C)c1. The summed E-state index contributed by atoms with van der Waals surface area (Å²) in [6, 6.07) is 8.73. The van der Waals surface area contributed by atoms with Gasteiger partial charge in [-0.15, -0.1) is 0 Å². The van der Waals surface area contributed by atoms with Crippen LogP contribution in [0.25, 0.3) is 0 Å². The molecule has 5 nitrogen and oxygen atoms in total. The van der Waals surface area contributed by atoms with Gasteiger partial charge in [-0.05, 0) is 80.5 Å². The van der Waals surface area contributed by atoms with Gasteiger partial charge in [0.05, 0.1) is 5.71 Å². The summed E-state index contributed by atoms with van der Waals surface area (Å²) in [5, 5.41) is 12.3. The second-order valence-corrected chi connectivity index (χ2v) is 9.21. The van der Waals surface area contributed by atoms with Gasteiger partial charge in [-0.3, -0.25) is 5.41 Å². The Bertz CT molecular complexity index is 1100. The van der Waals surface area contributed by atoms with Crippen LogP contribution in [-0.2, 0) is 6.42 Å². The van der Waals surface area contributed by atoms with E-state index in [-0.39, 0.29) is 0 Å². The highest BCUT2D eigenvalue weighted by Crippen LogP contribution is 2.23. The minimum Gasteiger partial charge on any atom is -0.383 e. The summed E-state index contributed by atoms with van der Waals surface area (Å²) in [5.41, 5.74) is 15.0. The van der Waals surface area contributed by atoms with Gasteiger partial charge in [-0.2, -0.15) is 0 Å². The lowest BCUT2D eigenvalue weighted by Gasteiger charge is -2.36. The van der Waals surface area contributed by atoms with Crippen LogP contribution in [0.15, 0.2) is 66.0 Å². The zero-order valence-electron chi connectivity index (χ0n) is 20.0. The Morgan fingerprint density at radius 1 is 1.24 bits per heavy atom. The average Bonchev–Trinajstić information content (AvgIpc) is 2.76. The normalized spacial score (nSPS) is 18.9. The summed E-state index contributed by atoms with van der Waals surface area (Å²) in [7, 11) is 0. The molecule has 0 radical (unpaired) electrons. The number of pyridine rings is 1. The molecule has 1 atom stereocenters. The molecule has 0 bridgehead atoms. The van der Waals surface area contributed by atoms with Crippen molar-refractivity contribution in [2.24, 2.45) is 0 Å². The summed E-state index contributed by atoms with van der Waals surface area (Å²) >= 11 is 0.